The van der Waals surface area contributed by atoms with E-state index in [0.717, 1.165) is 23.9 Å². The van der Waals surface area contributed by atoms with E-state index in [4.69, 9.17) is 0 Å². The molecule has 0 aromatic rings. The van der Waals surface area contributed by atoms with Gasteiger partial charge in [-0.15, -0.1) is 0 Å². The van der Waals surface area contributed by atoms with Gasteiger partial charge < -0.3 is 0 Å². The molecule has 1 aliphatic heterocycles. The predicted octanol–water partition coefficient (Wildman–Crippen LogP) is 2.68. The first-order chi connectivity index (χ1) is 6.09. The number of hydrogen-bond acceptors (Lipinski definition) is 1. The molecule has 1 heteroatoms. The summed E-state index contributed by atoms with van der Waals surface area (Å²) in [5, 5.41) is 0. The Labute approximate surface area is 81.8 Å². The summed E-state index contributed by atoms with van der Waals surface area (Å²) < 4.78 is 0. The highest BCUT2D eigenvalue weighted by molar-refractivity contribution is 5.25. The van der Waals surface area contributed by atoms with Gasteiger partial charge in [-0.2, -0.15) is 0 Å². The summed E-state index contributed by atoms with van der Waals surface area (Å²) in [6, 6.07) is 1.49. The summed E-state index contributed by atoms with van der Waals surface area (Å²) in [4.78, 5) is 2.64. The Morgan fingerprint density at radius 1 is 1.31 bits per heavy atom. The number of fused-ring (bicyclic) bond motifs is 2. The van der Waals surface area contributed by atoms with Crippen LogP contribution in [0.5, 0.6) is 0 Å². The second-order valence-electron chi connectivity index (χ2n) is 5.11. The Morgan fingerprint density at radius 3 is 2.38 bits per heavy atom. The summed E-state index contributed by atoms with van der Waals surface area (Å²) >= 11 is 0. The van der Waals surface area contributed by atoms with Crippen LogP contribution in [0, 0.1) is 11.8 Å². The van der Waals surface area contributed by atoms with Crippen molar-refractivity contribution in [2.24, 2.45) is 11.8 Å². The van der Waals surface area contributed by atoms with Crippen LogP contribution in [-0.2, 0) is 0 Å². The van der Waals surface area contributed by atoms with E-state index in [9.17, 15) is 0 Å². The molecule has 74 valence electrons. The first kappa shape index (κ1) is 9.26. The van der Waals surface area contributed by atoms with Crippen molar-refractivity contribution in [3.63, 3.8) is 0 Å². The van der Waals surface area contributed by atoms with Gasteiger partial charge in [0.25, 0.3) is 0 Å². The molecule has 2 bridgehead atoms. The molecule has 0 amide bonds. The minimum Gasteiger partial charge on any atom is -0.294 e. The molecule has 0 N–H and O–H groups in total. The van der Waals surface area contributed by atoms with Crippen LogP contribution in [0.15, 0.2) is 11.6 Å². The zero-order valence-electron chi connectivity index (χ0n) is 9.25. The monoisotopic (exact) mass is 179 g/mol. The van der Waals surface area contributed by atoms with Gasteiger partial charge in [-0.25, -0.2) is 0 Å². The van der Waals surface area contributed by atoms with Crippen molar-refractivity contribution in [2.45, 2.75) is 46.2 Å². The average molecular weight is 179 g/mol. The Morgan fingerprint density at radius 2 is 2.00 bits per heavy atom. The van der Waals surface area contributed by atoms with E-state index in [1.54, 1.807) is 5.57 Å². The van der Waals surface area contributed by atoms with Crippen molar-refractivity contribution in [3.8, 4) is 0 Å². The van der Waals surface area contributed by atoms with E-state index in [2.05, 4.69) is 38.7 Å². The molecule has 1 saturated heterocycles. The van der Waals surface area contributed by atoms with Crippen molar-refractivity contribution in [1.29, 1.82) is 0 Å². The molecule has 1 heterocycles. The molecule has 0 aromatic carbocycles. The molecule has 0 spiro atoms. The lowest BCUT2D eigenvalue weighted by Crippen LogP contribution is -2.36. The van der Waals surface area contributed by atoms with E-state index < -0.39 is 0 Å². The second-order valence-corrected chi connectivity index (χ2v) is 5.11. The topological polar surface area (TPSA) is 3.24 Å². The van der Waals surface area contributed by atoms with Gasteiger partial charge in [0.1, 0.15) is 0 Å². The summed E-state index contributed by atoms with van der Waals surface area (Å²) in [5.41, 5.74) is 1.72. The molecule has 1 fully saturated rings. The zero-order valence-corrected chi connectivity index (χ0v) is 9.25. The summed E-state index contributed by atoms with van der Waals surface area (Å²) in [6.45, 7) is 10.6. The third-order valence-corrected chi connectivity index (χ3v) is 3.57. The highest BCUT2D eigenvalue weighted by Gasteiger charge is 2.39. The maximum Gasteiger partial charge on any atom is 0.0290 e. The first-order valence-corrected chi connectivity index (χ1v) is 5.57. The molecule has 13 heavy (non-hydrogen) atoms. The van der Waals surface area contributed by atoms with Crippen molar-refractivity contribution in [2.75, 3.05) is 6.54 Å². The van der Waals surface area contributed by atoms with E-state index >= 15 is 0 Å². The number of rotatable bonds is 2. The van der Waals surface area contributed by atoms with E-state index in [1.165, 1.54) is 13.0 Å². The lowest BCUT2D eigenvalue weighted by molar-refractivity contribution is 0.220. The smallest absolute Gasteiger partial charge is 0.0290 e. The van der Waals surface area contributed by atoms with E-state index in [0.29, 0.717) is 0 Å². The van der Waals surface area contributed by atoms with Crippen LogP contribution in [0.3, 0.4) is 0 Å². The van der Waals surface area contributed by atoms with Crippen molar-refractivity contribution >= 4 is 0 Å². The highest BCUT2D eigenvalue weighted by Crippen LogP contribution is 2.41. The Bertz CT molecular complexity index is 227. The van der Waals surface area contributed by atoms with Gasteiger partial charge in [0.15, 0.2) is 0 Å². The summed E-state index contributed by atoms with van der Waals surface area (Å²) in [6.07, 6.45) is 3.92. The molecule has 2 aliphatic rings. The largest absolute Gasteiger partial charge is 0.294 e. The highest BCUT2D eigenvalue weighted by atomic mass is 15.2. The van der Waals surface area contributed by atoms with Crippen LogP contribution in [0.1, 0.15) is 34.1 Å². The minimum absolute atomic E-state index is 0.722. The molecule has 0 saturated carbocycles. The molecular weight excluding hydrogens is 158 g/mol. The first-order valence-electron chi connectivity index (χ1n) is 5.57. The third-order valence-electron chi connectivity index (χ3n) is 3.57. The van der Waals surface area contributed by atoms with Gasteiger partial charge in [-0.05, 0) is 32.1 Å². The molecule has 2 atom stereocenters. The standard InChI is InChI=1S/C12H21N/c1-8(2)12-6-11-5-10(12)7-13(11)9(3)4/h6,8-11H,5,7H2,1-4H3. The molecule has 0 radical (unpaired) electrons. The van der Waals surface area contributed by atoms with Crippen molar-refractivity contribution < 1.29 is 0 Å². The number of nitrogens with zero attached hydrogens (tertiary/aromatic N) is 1. The predicted molar refractivity (Wildman–Crippen MR) is 56.7 cm³/mol. The van der Waals surface area contributed by atoms with Crippen molar-refractivity contribution in [3.05, 3.63) is 11.6 Å². The van der Waals surface area contributed by atoms with Crippen LogP contribution in [0.4, 0.5) is 0 Å². The Balaban J connectivity index is 2.11. The van der Waals surface area contributed by atoms with E-state index in [-0.39, 0.29) is 0 Å². The molecule has 1 nitrogen and oxygen atoms in total. The number of likely N-dealkylation sites (tertiary alicyclic amines) is 1. The maximum atomic E-state index is 2.64. The molecule has 0 aromatic heterocycles. The minimum atomic E-state index is 0.722. The normalized spacial score (nSPS) is 33.5. The van der Waals surface area contributed by atoms with Gasteiger partial charge in [0, 0.05) is 18.6 Å². The maximum absolute atomic E-state index is 2.64. The zero-order chi connectivity index (χ0) is 9.59. The van der Waals surface area contributed by atoms with Gasteiger partial charge >= 0.3 is 0 Å². The molecule has 2 unspecified atom stereocenters. The fraction of sp³-hybridized carbons (Fsp3) is 0.833. The summed E-state index contributed by atoms with van der Waals surface area (Å²) in [7, 11) is 0. The molecular formula is C12H21N. The quantitative estimate of drug-likeness (QED) is 0.589. The fourth-order valence-corrected chi connectivity index (χ4v) is 2.91. The lowest BCUT2D eigenvalue weighted by Gasteiger charge is -2.30. The lowest BCUT2D eigenvalue weighted by atomic mass is 9.93. The van der Waals surface area contributed by atoms with Crippen LogP contribution in [0.2, 0.25) is 0 Å². The van der Waals surface area contributed by atoms with Gasteiger partial charge in [0.05, 0.1) is 0 Å². The number of hydrogen-bond donors (Lipinski definition) is 0. The third kappa shape index (κ3) is 1.43. The van der Waals surface area contributed by atoms with Crippen LogP contribution in [-0.4, -0.2) is 23.5 Å². The molecule has 1 aliphatic carbocycles. The van der Waals surface area contributed by atoms with Crippen molar-refractivity contribution in [1.82, 2.24) is 4.90 Å². The van der Waals surface area contributed by atoms with Crippen LogP contribution < -0.4 is 0 Å². The van der Waals surface area contributed by atoms with Gasteiger partial charge in [0.2, 0.25) is 0 Å². The summed E-state index contributed by atoms with van der Waals surface area (Å²) in [5.74, 6) is 1.65. The Hall–Kier alpha value is -0.300. The average Bonchev–Trinajstić information content (AvgIpc) is 2.60. The van der Waals surface area contributed by atoms with E-state index in [1.807, 2.05) is 0 Å². The SMILES string of the molecule is CC(C)C1=CC2CC1CN2C(C)C. The molecule has 2 rings (SSSR count). The van der Waals surface area contributed by atoms with Gasteiger partial charge in [-0.1, -0.05) is 25.5 Å². The van der Waals surface area contributed by atoms with Crippen LogP contribution in [0.25, 0.3) is 0 Å². The fourth-order valence-electron chi connectivity index (χ4n) is 2.91. The Kier molecular flexibility index (Phi) is 2.23. The van der Waals surface area contributed by atoms with Crippen LogP contribution >= 0.6 is 0 Å². The second kappa shape index (κ2) is 3.13. The van der Waals surface area contributed by atoms with Gasteiger partial charge in [-0.3, -0.25) is 4.90 Å².